The average Bonchev–Trinajstić information content (AvgIpc) is 2.95. The molecule has 0 fully saturated rings. The average molecular weight is 399 g/mol. The van der Waals surface area contributed by atoms with E-state index < -0.39 is 0 Å². The van der Waals surface area contributed by atoms with Crippen LogP contribution in [0.5, 0.6) is 5.75 Å². The number of rotatable bonds is 5. The van der Waals surface area contributed by atoms with Gasteiger partial charge in [-0.2, -0.15) is 0 Å². The van der Waals surface area contributed by atoms with E-state index >= 15 is 0 Å². The third kappa shape index (κ3) is 4.13. The normalized spacial score (nSPS) is 10.8. The molecule has 0 bridgehead atoms. The molecular weight excluding hydrogens is 387 g/mol. The van der Waals surface area contributed by atoms with Crippen LogP contribution in [0.3, 0.4) is 0 Å². The van der Waals surface area contributed by atoms with Crippen LogP contribution in [0.15, 0.2) is 40.7 Å². The molecule has 24 heavy (non-hydrogen) atoms. The first kappa shape index (κ1) is 17.4. The highest BCUT2D eigenvalue weighted by Crippen LogP contribution is 2.32. The SMILES string of the molecule is COc1ccc(Cl)cc1NC(=O)CSc1nc2cc(Cl)ccc2s1. The first-order valence-electron chi connectivity index (χ1n) is 6.87. The van der Waals surface area contributed by atoms with Gasteiger partial charge in [-0.25, -0.2) is 4.98 Å². The number of hydrogen-bond donors (Lipinski definition) is 1. The molecule has 1 heterocycles. The minimum atomic E-state index is -0.155. The molecule has 0 saturated carbocycles. The molecule has 0 radical (unpaired) electrons. The van der Waals surface area contributed by atoms with Crippen LogP contribution in [0.4, 0.5) is 5.69 Å². The quantitative estimate of drug-likeness (QED) is 0.589. The molecule has 0 aliphatic heterocycles. The summed E-state index contributed by atoms with van der Waals surface area (Å²) < 4.78 is 7.07. The summed E-state index contributed by atoms with van der Waals surface area (Å²) in [7, 11) is 1.54. The second kappa shape index (κ2) is 7.61. The molecule has 0 aliphatic carbocycles. The highest BCUT2D eigenvalue weighted by atomic mass is 35.5. The molecule has 2 aromatic carbocycles. The number of ether oxygens (including phenoxy) is 1. The topological polar surface area (TPSA) is 51.2 Å². The summed E-state index contributed by atoms with van der Waals surface area (Å²) in [4.78, 5) is 16.6. The summed E-state index contributed by atoms with van der Waals surface area (Å²) >= 11 is 14.8. The first-order valence-corrected chi connectivity index (χ1v) is 9.43. The third-order valence-corrected chi connectivity index (χ3v) is 5.74. The maximum absolute atomic E-state index is 12.2. The molecule has 124 valence electrons. The first-order chi connectivity index (χ1) is 11.5. The van der Waals surface area contributed by atoms with Crippen molar-refractivity contribution in [2.45, 2.75) is 4.34 Å². The number of thiazole rings is 1. The molecule has 1 N–H and O–H groups in total. The lowest BCUT2D eigenvalue weighted by Crippen LogP contribution is -2.14. The Labute approximate surface area is 157 Å². The van der Waals surface area contributed by atoms with E-state index in [-0.39, 0.29) is 11.7 Å². The van der Waals surface area contributed by atoms with Crippen molar-refractivity contribution in [2.75, 3.05) is 18.2 Å². The number of carbonyl (C=O) groups excluding carboxylic acids is 1. The Kier molecular flexibility index (Phi) is 5.50. The minimum Gasteiger partial charge on any atom is -0.495 e. The van der Waals surface area contributed by atoms with E-state index in [1.165, 1.54) is 23.1 Å². The number of benzene rings is 2. The minimum absolute atomic E-state index is 0.155. The molecule has 8 heteroatoms. The van der Waals surface area contributed by atoms with Crippen molar-refractivity contribution >= 4 is 68.1 Å². The number of carbonyl (C=O) groups is 1. The van der Waals surface area contributed by atoms with Crippen LogP contribution in [0, 0.1) is 0 Å². The number of aromatic nitrogens is 1. The van der Waals surface area contributed by atoms with Crippen molar-refractivity contribution in [1.29, 1.82) is 0 Å². The third-order valence-electron chi connectivity index (χ3n) is 3.09. The van der Waals surface area contributed by atoms with Gasteiger partial charge >= 0.3 is 0 Å². The molecular formula is C16H12Cl2N2O2S2. The summed E-state index contributed by atoms with van der Waals surface area (Å²) in [6.45, 7) is 0. The monoisotopic (exact) mass is 398 g/mol. The second-order valence-electron chi connectivity index (χ2n) is 4.77. The molecule has 4 nitrogen and oxygen atoms in total. The van der Waals surface area contributed by atoms with E-state index in [0.717, 1.165) is 14.6 Å². The number of nitrogens with one attached hydrogen (secondary N) is 1. The number of hydrogen-bond acceptors (Lipinski definition) is 5. The Balaban J connectivity index is 1.65. The fourth-order valence-corrected chi connectivity index (χ4v) is 4.22. The van der Waals surface area contributed by atoms with Crippen molar-refractivity contribution in [1.82, 2.24) is 4.98 Å². The summed E-state index contributed by atoms with van der Waals surface area (Å²) in [5, 5.41) is 3.98. The number of thioether (sulfide) groups is 1. The zero-order chi connectivity index (χ0) is 17.1. The number of amides is 1. The largest absolute Gasteiger partial charge is 0.495 e. The highest BCUT2D eigenvalue weighted by Gasteiger charge is 2.11. The van der Waals surface area contributed by atoms with Crippen LogP contribution < -0.4 is 10.1 Å². The van der Waals surface area contributed by atoms with Crippen molar-refractivity contribution in [2.24, 2.45) is 0 Å². The Morgan fingerprint density at radius 2 is 2.00 bits per heavy atom. The van der Waals surface area contributed by atoms with E-state index in [2.05, 4.69) is 10.3 Å². The smallest absolute Gasteiger partial charge is 0.234 e. The van der Waals surface area contributed by atoms with Gasteiger partial charge in [0.1, 0.15) is 5.75 Å². The number of fused-ring (bicyclic) bond motifs is 1. The van der Waals surface area contributed by atoms with Crippen LogP contribution in [-0.2, 0) is 4.79 Å². The van der Waals surface area contributed by atoms with E-state index in [0.29, 0.717) is 21.5 Å². The Morgan fingerprint density at radius 1 is 1.25 bits per heavy atom. The summed E-state index contributed by atoms with van der Waals surface area (Å²) in [6, 6.07) is 10.6. The molecule has 1 amide bonds. The zero-order valence-electron chi connectivity index (χ0n) is 12.5. The summed E-state index contributed by atoms with van der Waals surface area (Å²) in [5.74, 6) is 0.647. The van der Waals surface area contributed by atoms with Crippen molar-refractivity contribution in [3.63, 3.8) is 0 Å². The maximum atomic E-state index is 12.2. The lowest BCUT2D eigenvalue weighted by atomic mass is 10.3. The molecule has 3 aromatic rings. The van der Waals surface area contributed by atoms with Crippen LogP contribution in [0.2, 0.25) is 10.0 Å². The maximum Gasteiger partial charge on any atom is 0.234 e. The van der Waals surface area contributed by atoms with E-state index in [9.17, 15) is 4.79 Å². The van der Waals surface area contributed by atoms with Gasteiger partial charge in [0.05, 0.1) is 28.8 Å². The lowest BCUT2D eigenvalue weighted by molar-refractivity contribution is -0.113. The van der Waals surface area contributed by atoms with Gasteiger partial charge in [-0.3, -0.25) is 4.79 Å². The standard InChI is InChI=1S/C16H12Cl2N2O2S2/c1-22-13-4-2-9(17)6-11(13)19-15(21)8-23-16-20-12-7-10(18)3-5-14(12)24-16/h2-7H,8H2,1H3,(H,19,21). The molecule has 3 rings (SSSR count). The van der Waals surface area contributed by atoms with Gasteiger partial charge in [-0.05, 0) is 36.4 Å². The van der Waals surface area contributed by atoms with Gasteiger partial charge in [-0.15, -0.1) is 11.3 Å². The summed E-state index contributed by atoms with van der Waals surface area (Å²) in [5.41, 5.74) is 1.39. The summed E-state index contributed by atoms with van der Waals surface area (Å²) in [6.07, 6.45) is 0. The lowest BCUT2D eigenvalue weighted by Gasteiger charge is -2.10. The highest BCUT2D eigenvalue weighted by molar-refractivity contribution is 8.01. The molecule has 0 unspecified atom stereocenters. The molecule has 0 spiro atoms. The molecule has 0 saturated heterocycles. The van der Waals surface area contributed by atoms with Gasteiger partial charge in [0.15, 0.2) is 4.34 Å². The van der Waals surface area contributed by atoms with Gasteiger partial charge in [0, 0.05) is 10.0 Å². The van der Waals surface area contributed by atoms with E-state index in [1.807, 2.05) is 18.2 Å². The van der Waals surface area contributed by atoms with Crippen molar-refractivity contribution < 1.29 is 9.53 Å². The van der Waals surface area contributed by atoms with Gasteiger partial charge < -0.3 is 10.1 Å². The van der Waals surface area contributed by atoms with Gasteiger partial charge in [0.25, 0.3) is 0 Å². The number of nitrogens with zero attached hydrogens (tertiary/aromatic N) is 1. The zero-order valence-corrected chi connectivity index (χ0v) is 15.7. The predicted octanol–water partition coefficient (Wildman–Crippen LogP) is 5.34. The molecule has 0 aliphatic rings. The Bertz CT molecular complexity index is 899. The van der Waals surface area contributed by atoms with Gasteiger partial charge in [-0.1, -0.05) is 35.0 Å². The number of methoxy groups -OCH3 is 1. The number of halogens is 2. The van der Waals surface area contributed by atoms with Crippen LogP contribution in [-0.4, -0.2) is 23.8 Å². The molecule has 0 atom stereocenters. The fraction of sp³-hybridized carbons (Fsp3) is 0.125. The second-order valence-corrected chi connectivity index (χ2v) is 7.90. The van der Waals surface area contributed by atoms with E-state index in [4.69, 9.17) is 27.9 Å². The molecule has 1 aromatic heterocycles. The van der Waals surface area contributed by atoms with Crippen molar-refractivity contribution in [3.8, 4) is 5.75 Å². The van der Waals surface area contributed by atoms with Gasteiger partial charge in [0.2, 0.25) is 5.91 Å². The van der Waals surface area contributed by atoms with Crippen molar-refractivity contribution in [3.05, 3.63) is 46.4 Å². The Hall–Kier alpha value is -1.47. The number of anilines is 1. The predicted molar refractivity (Wildman–Crippen MR) is 102 cm³/mol. The van der Waals surface area contributed by atoms with Crippen LogP contribution in [0.1, 0.15) is 0 Å². The Morgan fingerprint density at radius 3 is 2.79 bits per heavy atom. The fourth-order valence-electron chi connectivity index (χ4n) is 2.03. The van der Waals surface area contributed by atoms with E-state index in [1.54, 1.807) is 25.3 Å². The van der Waals surface area contributed by atoms with Crippen LogP contribution >= 0.6 is 46.3 Å². The van der Waals surface area contributed by atoms with Crippen LogP contribution in [0.25, 0.3) is 10.2 Å².